The predicted molar refractivity (Wildman–Crippen MR) is 128 cm³/mol. The zero-order valence-electron chi connectivity index (χ0n) is 17.5. The third-order valence-corrected chi connectivity index (χ3v) is 7.27. The number of rotatable bonds is 12. The summed E-state index contributed by atoms with van der Waals surface area (Å²) in [6.45, 7) is 6.02. The first-order chi connectivity index (χ1) is 14.3. The summed E-state index contributed by atoms with van der Waals surface area (Å²) in [6, 6.07) is 19.2. The van der Waals surface area contributed by atoms with Crippen LogP contribution in [0.15, 0.2) is 54.6 Å². The summed E-state index contributed by atoms with van der Waals surface area (Å²) < 4.78 is 11.6. The fourth-order valence-corrected chi connectivity index (χ4v) is 5.49. The van der Waals surface area contributed by atoms with Gasteiger partial charge in [-0.2, -0.15) is 0 Å². The van der Waals surface area contributed by atoms with Gasteiger partial charge in [0.15, 0.2) is 10.3 Å². The highest BCUT2D eigenvalue weighted by molar-refractivity contribution is 7.72. The van der Waals surface area contributed by atoms with Crippen molar-refractivity contribution in [1.82, 2.24) is 0 Å². The number of hydrogen-bond acceptors (Lipinski definition) is 3. The molecular formula is C25H31O2S2+. The Kier molecular flexibility index (Phi) is 8.97. The molecule has 0 saturated carbocycles. The minimum atomic E-state index is 0.802. The molecule has 0 atom stereocenters. The Hall–Kier alpha value is -1.91. The summed E-state index contributed by atoms with van der Waals surface area (Å²) in [4.78, 5) is 2.59. The van der Waals surface area contributed by atoms with Gasteiger partial charge in [0.05, 0.1) is 18.1 Å². The zero-order valence-corrected chi connectivity index (χ0v) is 19.1. The van der Waals surface area contributed by atoms with Crippen molar-refractivity contribution in [2.24, 2.45) is 0 Å². The van der Waals surface area contributed by atoms with Gasteiger partial charge >= 0.3 is 10.3 Å². The highest BCUT2D eigenvalue weighted by atomic mass is 32.9. The molecule has 0 fully saturated rings. The summed E-state index contributed by atoms with van der Waals surface area (Å²) in [5, 5.41) is 0. The van der Waals surface area contributed by atoms with Crippen LogP contribution < -0.4 is 9.47 Å². The Balaban J connectivity index is 1.57. The molecule has 3 rings (SSSR count). The number of benzene rings is 2. The van der Waals surface area contributed by atoms with Gasteiger partial charge in [-0.3, -0.25) is 0 Å². The Morgan fingerprint density at radius 3 is 1.72 bits per heavy atom. The lowest BCUT2D eigenvalue weighted by Gasteiger charge is -2.05. The van der Waals surface area contributed by atoms with Gasteiger partial charge in [-0.05, 0) is 66.9 Å². The fourth-order valence-electron chi connectivity index (χ4n) is 3.03. The molecule has 0 aliphatic rings. The minimum Gasteiger partial charge on any atom is -0.494 e. The van der Waals surface area contributed by atoms with E-state index >= 15 is 0 Å². The molecule has 0 N–H and O–H groups in total. The number of ether oxygens (including phenoxy) is 2. The summed E-state index contributed by atoms with van der Waals surface area (Å²) in [6.07, 6.45) is 7.14. The van der Waals surface area contributed by atoms with E-state index in [2.05, 4.69) is 68.4 Å². The van der Waals surface area contributed by atoms with Gasteiger partial charge < -0.3 is 9.47 Å². The van der Waals surface area contributed by atoms with Gasteiger partial charge in [0.2, 0.25) is 0 Å². The van der Waals surface area contributed by atoms with E-state index in [4.69, 9.17) is 9.47 Å². The molecule has 154 valence electrons. The predicted octanol–water partition coefficient (Wildman–Crippen LogP) is 8.56. The molecule has 0 unspecified atom stereocenters. The van der Waals surface area contributed by atoms with Crippen LogP contribution in [0, 0.1) is 0 Å². The molecule has 0 radical (unpaired) electrons. The second-order valence-corrected chi connectivity index (χ2v) is 9.41. The van der Waals surface area contributed by atoms with Crippen LogP contribution in [0.5, 0.6) is 11.5 Å². The second kappa shape index (κ2) is 11.9. The maximum absolute atomic E-state index is 5.82. The van der Waals surface area contributed by atoms with E-state index in [9.17, 15) is 0 Å². The average Bonchev–Trinajstić information content (AvgIpc) is 3.25. The Bertz CT molecular complexity index is 768. The molecule has 0 aliphatic heterocycles. The van der Waals surface area contributed by atoms with Gasteiger partial charge in [0, 0.05) is 11.6 Å². The molecule has 3 aromatic rings. The lowest BCUT2D eigenvalue weighted by molar-refractivity contribution is 0.306. The van der Waals surface area contributed by atoms with E-state index in [1.807, 2.05) is 20.7 Å². The van der Waals surface area contributed by atoms with Gasteiger partial charge in [-0.25, -0.2) is 0 Å². The van der Waals surface area contributed by atoms with Gasteiger partial charge in [0.25, 0.3) is 4.88 Å². The fraction of sp³-hybridized carbons (Fsp3) is 0.400. The maximum Gasteiger partial charge on any atom is 0.301 e. The first-order valence-electron chi connectivity index (χ1n) is 10.7. The van der Waals surface area contributed by atoms with Crippen molar-refractivity contribution in [3.63, 3.8) is 0 Å². The minimum absolute atomic E-state index is 0.802. The molecule has 0 aliphatic carbocycles. The van der Waals surface area contributed by atoms with E-state index in [1.54, 1.807) is 0 Å². The number of hydrogen-bond donors (Lipinski definition) is 0. The summed E-state index contributed by atoms with van der Waals surface area (Å²) in [7, 11) is 3.64. The van der Waals surface area contributed by atoms with Crippen molar-refractivity contribution in [2.75, 3.05) is 13.2 Å². The Morgan fingerprint density at radius 1 is 0.690 bits per heavy atom. The second-order valence-electron chi connectivity index (χ2n) is 7.20. The van der Waals surface area contributed by atoms with Gasteiger partial charge in [0.1, 0.15) is 11.5 Å². The van der Waals surface area contributed by atoms with Crippen molar-refractivity contribution in [3.8, 4) is 32.4 Å². The molecule has 2 aromatic carbocycles. The lowest BCUT2D eigenvalue weighted by atomic mass is 10.1. The van der Waals surface area contributed by atoms with E-state index in [0.717, 1.165) is 37.6 Å². The van der Waals surface area contributed by atoms with Crippen LogP contribution in [0.25, 0.3) is 20.9 Å². The molecule has 1 aromatic heterocycles. The third-order valence-electron chi connectivity index (χ3n) is 4.79. The maximum atomic E-state index is 5.82. The van der Waals surface area contributed by atoms with Crippen LogP contribution in [0.3, 0.4) is 0 Å². The molecule has 0 bridgehead atoms. The van der Waals surface area contributed by atoms with Gasteiger partial charge in [-0.15, -0.1) is 0 Å². The van der Waals surface area contributed by atoms with Crippen LogP contribution in [0.4, 0.5) is 0 Å². The topological polar surface area (TPSA) is 18.5 Å². The zero-order chi connectivity index (χ0) is 20.3. The lowest BCUT2D eigenvalue weighted by Crippen LogP contribution is -1.96. The molecule has 1 heterocycles. The van der Waals surface area contributed by atoms with Crippen molar-refractivity contribution in [2.45, 2.75) is 52.4 Å². The monoisotopic (exact) mass is 427 g/mol. The summed E-state index contributed by atoms with van der Waals surface area (Å²) in [5.41, 5.74) is 2.49. The van der Waals surface area contributed by atoms with Crippen LogP contribution in [-0.2, 0) is 0 Å². The first kappa shape index (κ1) is 21.8. The standard InChI is InChI=1S/C25H31O2S2/c1-3-5-7-17-26-22-13-9-20(10-14-22)24-19-25(29-28-24)21-11-15-23(16-12-21)27-18-8-6-4-2/h9-16,19H,3-8,17-18H2,1-2H3/q+1. The molecule has 0 saturated heterocycles. The van der Waals surface area contributed by atoms with Crippen LogP contribution in [0.1, 0.15) is 52.4 Å². The first-order valence-corrected chi connectivity index (χ1v) is 12.8. The SMILES string of the molecule is CCCCCOc1ccc(-c2cc(-c3ccc(OCCCCC)cc3)[s+]s2)cc1. The largest absolute Gasteiger partial charge is 0.494 e. The molecule has 0 spiro atoms. The van der Waals surface area contributed by atoms with E-state index in [-0.39, 0.29) is 0 Å². The molecule has 4 heteroatoms. The quantitative estimate of drug-likeness (QED) is 0.164. The smallest absolute Gasteiger partial charge is 0.301 e. The van der Waals surface area contributed by atoms with Crippen molar-refractivity contribution in [1.29, 1.82) is 0 Å². The Labute approximate surface area is 182 Å². The molecule has 0 amide bonds. The van der Waals surface area contributed by atoms with Crippen LogP contribution >= 0.6 is 20.7 Å². The van der Waals surface area contributed by atoms with Crippen molar-refractivity contribution in [3.05, 3.63) is 54.6 Å². The van der Waals surface area contributed by atoms with Crippen LogP contribution in [-0.4, -0.2) is 13.2 Å². The third kappa shape index (κ3) is 6.83. The van der Waals surface area contributed by atoms with E-state index in [1.165, 1.54) is 46.6 Å². The summed E-state index contributed by atoms with van der Waals surface area (Å²) >= 11 is 0. The summed E-state index contributed by atoms with van der Waals surface area (Å²) in [5.74, 6) is 1.92. The van der Waals surface area contributed by atoms with Gasteiger partial charge in [-0.1, -0.05) is 39.5 Å². The Morgan fingerprint density at radius 2 is 1.21 bits per heavy atom. The highest BCUT2D eigenvalue weighted by Crippen LogP contribution is 2.38. The van der Waals surface area contributed by atoms with E-state index in [0.29, 0.717) is 0 Å². The number of unbranched alkanes of at least 4 members (excludes halogenated alkanes) is 4. The average molecular weight is 428 g/mol. The highest BCUT2D eigenvalue weighted by Gasteiger charge is 2.17. The molecular weight excluding hydrogens is 396 g/mol. The van der Waals surface area contributed by atoms with Crippen LogP contribution in [0.2, 0.25) is 0 Å². The molecule has 29 heavy (non-hydrogen) atoms. The molecule has 2 nitrogen and oxygen atoms in total. The van der Waals surface area contributed by atoms with E-state index < -0.39 is 0 Å². The van der Waals surface area contributed by atoms with Crippen molar-refractivity contribution >= 4 is 20.7 Å². The van der Waals surface area contributed by atoms with Crippen molar-refractivity contribution < 1.29 is 9.47 Å². The normalized spacial score (nSPS) is 10.8.